The number of ether oxygens (including phenoxy) is 1. The van der Waals surface area contributed by atoms with Gasteiger partial charge in [-0.1, -0.05) is 12.7 Å². The van der Waals surface area contributed by atoms with E-state index in [0.717, 1.165) is 19.0 Å². The Kier molecular flexibility index (Phi) is 6.32. The van der Waals surface area contributed by atoms with Crippen LogP contribution in [0.15, 0.2) is 24.8 Å². The molecule has 0 spiro atoms. The van der Waals surface area contributed by atoms with E-state index in [1.54, 1.807) is 6.08 Å². The van der Waals surface area contributed by atoms with Gasteiger partial charge in [-0.2, -0.15) is 0 Å². The van der Waals surface area contributed by atoms with E-state index in [1.807, 2.05) is 19.0 Å². The van der Waals surface area contributed by atoms with E-state index in [0.29, 0.717) is 0 Å². The van der Waals surface area contributed by atoms with Crippen LogP contribution >= 0.6 is 0 Å². The largest absolute Gasteiger partial charge is 0.387 e. The van der Waals surface area contributed by atoms with Crippen LogP contribution in [0.5, 0.6) is 0 Å². The average Bonchev–Trinajstić information content (AvgIpc) is 2.12. The molecule has 0 fully saturated rings. The van der Waals surface area contributed by atoms with Crippen LogP contribution in [0.4, 0.5) is 0 Å². The molecule has 14 heavy (non-hydrogen) atoms. The van der Waals surface area contributed by atoms with Crippen molar-refractivity contribution in [3.8, 4) is 0 Å². The molecule has 0 aliphatic heterocycles. The first-order valence-electron chi connectivity index (χ1n) is 4.25. The molecule has 0 aromatic heterocycles. The Hall–Kier alpha value is -1.42. The Bertz CT molecular complexity index is 244. The summed E-state index contributed by atoms with van der Waals surface area (Å²) >= 11 is 0. The lowest BCUT2D eigenvalue weighted by atomic mass is 10.3. The highest BCUT2D eigenvalue weighted by Crippen LogP contribution is 1.89. The molecule has 0 heterocycles. The Morgan fingerprint density at radius 3 is 2.50 bits per heavy atom. The van der Waals surface area contributed by atoms with Gasteiger partial charge in [-0.3, -0.25) is 0 Å². The van der Waals surface area contributed by atoms with Gasteiger partial charge in [-0.25, -0.2) is 9.59 Å². The smallest absolute Gasteiger partial charge is 0.338 e. The van der Waals surface area contributed by atoms with Crippen molar-refractivity contribution in [1.29, 1.82) is 0 Å². The van der Waals surface area contributed by atoms with Crippen molar-refractivity contribution in [2.24, 2.45) is 0 Å². The molecule has 0 aromatic rings. The Morgan fingerprint density at radius 1 is 1.36 bits per heavy atom. The van der Waals surface area contributed by atoms with Crippen molar-refractivity contribution in [3.63, 3.8) is 0 Å². The van der Waals surface area contributed by atoms with E-state index in [9.17, 15) is 9.59 Å². The fourth-order valence-corrected chi connectivity index (χ4v) is 0.687. The average molecular weight is 197 g/mol. The SMILES string of the molecule is C=CC(=O)OC(=O)C=CCCN(C)C. The zero-order chi connectivity index (χ0) is 11.0. The summed E-state index contributed by atoms with van der Waals surface area (Å²) in [5, 5.41) is 0. The summed E-state index contributed by atoms with van der Waals surface area (Å²) in [6.45, 7) is 4.02. The maximum Gasteiger partial charge on any atom is 0.338 e. The first-order valence-corrected chi connectivity index (χ1v) is 4.25. The number of carbonyl (C=O) groups is 2. The maximum atomic E-state index is 10.9. The second-order valence-electron chi connectivity index (χ2n) is 2.94. The van der Waals surface area contributed by atoms with E-state index in [2.05, 4.69) is 11.3 Å². The molecule has 0 saturated heterocycles. The van der Waals surface area contributed by atoms with E-state index in [1.165, 1.54) is 6.08 Å². The summed E-state index contributed by atoms with van der Waals surface area (Å²) in [5.74, 6) is -1.39. The quantitative estimate of drug-likeness (QED) is 0.370. The van der Waals surface area contributed by atoms with Gasteiger partial charge in [0.25, 0.3) is 0 Å². The van der Waals surface area contributed by atoms with Crippen molar-refractivity contribution in [2.75, 3.05) is 20.6 Å². The number of rotatable bonds is 5. The van der Waals surface area contributed by atoms with Crippen LogP contribution in [0.1, 0.15) is 6.42 Å². The van der Waals surface area contributed by atoms with Gasteiger partial charge >= 0.3 is 11.9 Å². The molecule has 0 amide bonds. The van der Waals surface area contributed by atoms with Gasteiger partial charge in [0.05, 0.1) is 0 Å². The zero-order valence-electron chi connectivity index (χ0n) is 8.53. The van der Waals surface area contributed by atoms with Gasteiger partial charge in [0.15, 0.2) is 0 Å². The minimum atomic E-state index is -0.729. The summed E-state index contributed by atoms with van der Waals surface area (Å²) in [6.07, 6.45) is 4.60. The Labute approximate surface area is 83.8 Å². The number of hydrogen-bond acceptors (Lipinski definition) is 4. The highest BCUT2D eigenvalue weighted by molar-refractivity contribution is 5.96. The highest BCUT2D eigenvalue weighted by atomic mass is 16.6. The molecule has 78 valence electrons. The zero-order valence-corrected chi connectivity index (χ0v) is 8.53. The fraction of sp³-hybridized carbons (Fsp3) is 0.400. The topological polar surface area (TPSA) is 46.6 Å². The molecule has 0 radical (unpaired) electrons. The molecule has 0 rings (SSSR count). The molecule has 0 aliphatic carbocycles. The van der Waals surface area contributed by atoms with Crippen LogP contribution in [0.25, 0.3) is 0 Å². The molecule has 0 saturated carbocycles. The maximum absolute atomic E-state index is 10.9. The Balaban J connectivity index is 3.71. The van der Waals surface area contributed by atoms with Crippen molar-refractivity contribution in [1.82, 2.24) is 4.90 Å². The first kappa shape index (κ1) is 12.6. The number of hydrogen-bond donors (Lipinski definition) is 0. The van der Waals surface area contributed by atoms with Crippen LogP contribution in [0, 0.1) is 0 Å². The van der Waals surface area contributed by atoms with Crippen molar-refractivity contribution in [2.45, 2.75) is 6.42 Å². The summed E-state index contributed by atoms with van der Waals surface area (Å²) in [7, 11) is 3.88. The minimum Gasteiger partial charge on any atom is -0.387 e. The standard InChI is InChI=1S/C10H15NO3/c1-4-9(12)14-10(13)7-5-6-8-11(2)3/h4-5,7H,1,6,8H2,2-3H3. The fourth-order valence-electron chi connectivity index (χ4n) is 0.687. The van der Waals surface area contributed by atoms with Gasteiger partial charge in [0.2, 0.25) is 0 Å². The lowest BCUT2D eigenvalue weighted by Crippen LogP contribution is -2.12. The van der Waals surface area contributed by atoms with Crippen molar-refractivity contribution < 1.29 is 14.3 Å². The monoisotopic (exact) mass is 197 g/mol. The third kappa shape index (κ3) is 7.24. The minimum absolute atomic E-state index is 0.659. The van der Waals surface area contributed by atoms with E-state index in [-0.39, 0.29) is 0 Å². The third-order valence-electron chi connectivity index (χ3n) is 1.36. The van der Waals surface area contributed by atoms with Crippen LogP contribution in [0.2, 0.25) is 0 Å². The summed E-state index contributed by atoms with van der Waals surface area (Å²) in [5.41, 5.74) is 0. The molecular formula is C10H15NO3. The molecule has 0 atom stereocenters. The predicted octanol–water partition coefficient (Wildman–Crippen LogP) is 0.750. The predicted molar refractivity (Wildman–Crippen MR) is 53.6 cm³/mol. The Morgan fingerprint density at radius 2 is 2.00 bits per heavy atom. The van der Waals surface area contributed by atoms with Crippen LogP contribution in [-0.4, -0.2) is 37.5 Å². The van der Waals surface area contributed by atoms with Gasteiger partial charge in [0.1, 0.15) is 0 Å². The normalized spacial score (nSPS) is 10.5. The highest BCUT2D eigenvalue weighted by Gasteiger charge is 2.01. The number of nitrogens with zero attached hydrogens (tertiary/aromatic N) is 1. The van der Waals surface area contributed by atoms with Crippen molar-refractivity contribution >= 4 is 11.9 Å². The van der Waals surface area contributed by atoms with Crippen molar-refractivity contribution in [3.05, 3.63) is 24.8 Å². The molecule has 4 nitrogen and oxygen atoms in total. The van der Waals surface area contributed by atoms with E-state index >= 15 is 0 Å². The van der Waals surface area contributed by atoms with E-state index in [4.69, 9.17) is 0 Å². The molecule has 0 aliphatic rings. The van der Waals surface area contributed by atoms with Crippen LogP contribution in [0.3, 0.4) is 0 Å². The lowest BCUT2D eigenvalue weighted by Gasteiger charge is -2.05. The number of carbonyl (C=O) groups excluding carboxylic acids is 2. The van der Waals surface area contributed by atoms with Gasteiger partial charge < -0.3 is 9.64 Å². The third-order valence-corrected chi connectivity index (χ3v) is 1.36. The summed E-state index contributed by atoms with van der Waals surface area (Å²) in [6, 6.07) is 0. The second-order valence-corrected chi connectivity index (χ2v) is 2.94. The van der Waals surface area contributed by atoms with E-state index < -0.39 is 11.9 Å². The molecular weight excluding hydrogens is 182 g/mol. The number of esters is 2. The van der Waals surface area contributed by atoms with Gasteiger partial charge in [0, 0.05) is 18.7 Å². The molecule has 4 heteroatoms. The van der Waals surface area contributed by atoms with Crippen LogP contribution in [-0.2, 0) is 14.3 Å². The van der Waals surface area contributed by atoms with Gasteiger partial charge in [-0.15, -0.1) is 0 Å². The molecule has 0 N–H and O–H groups in total. The lowest BCUT2D eigenvalue weighted by molar-refractivity contribution is -0.152. The first-order chi connectivity index (χ1) is 6.56. The van der Waals surface area contributed by atoms with Gasteiger partial charge in [-0.05, 0) is 20.5 Å². The molecule has 0 aromatic carbocycles. The summed E-state index contributed by atoms with van der Waals surface area (Å²) < 4.78 is 4.31. The van der Waals surface area contributed by atoms with Crippen LogP contribution < -0.4 is 0 Å². The molecule has 0 unspecified atom stereocenters. The second kappa shape index (κ2) is 7.03. The summed E-state index contributed by atoms with van der Waals surface area (Å²) in [4.78, 5) is 23.4. The molecule has 0 bridgehead atoms.